The van der Waals surface area contributed by atoms with Crippen molar-refractivity contribution in [2.45, 2.75) is 39.2 Å². The Morgan fingerprint density at radius 2 is 1.97 bits per heavy atom. The molecule has 1 aromatic carbocycles. The number of nitrogens with zero attached hydrogens (tertiary/aromatic N) is 4. The Bertz CT molecular complexity index is 1130. The van der Waals surface area contributed by atoms with Gasteiger partial charge in [-0.15, -0.1) is 21.5 Å². The van der Waals surface area contributed by atoms with Gasteiger partial charge in [-0.3, -0.25) is 9.56 Å². The summed E-state index contributed by atoms with van der Waals surface area (Å²) in [4.78, 5) is 6.71. The first-order valence-electron chi connectivity index (χ1n) is 9.80. The second kappa shape index (κ2) is 6.76. The van der Waals surface area contributed by atoms with Gasteiger partial charge in [0.2, 0.25) is 0 Å². The zero-order chi connectivity index (χ0) is 20.3. The number of aliphatic imine (C=N–C) groups is 1. The third-order valence-electron chi connectivity index (χ3n) is 6.18. The van der Waals surface area contributed by atoms with Crippen LogP contribution in [-0.2, 0) is 11.2 Å². The number of hydrogen-bond acceptors (Lipinski definition) is 5. The second-order valence-electron chi connectivity index (χ2n) is 8.07. The van der Waals surface area contributed by atoms with Crippen molar-refractivity contribution in [3.63, 3.8) is 0 Å². The van der Waals surface area contributed by atoms with Gasteiger partial charge < -0.3 is 4.74 Å². The van der Waals surface area contributed by atoms with E-state index in [2.05, 4.69) is 40.7 Å². The normalized spacial score (nSPS) is 22.7. The van der Waals surface area contributed by atoms with Gasteiger partial charge in [-0.1, -0.05) is 23.7 Å². The number of ether oxygens (including phenoxy) is 1. The van der Waals surface area contributed by atoms with Gasteiger partial charge in [0, 0.05) is 40.5 Å². The van der Waals surface area contributed by atoms with E-state index in [9.17, 15) is 0 Å². The van der Waals surface area contributed by atoms with Crippen LogP contribution < -0.4 is 0 Å². The van der Waals surface area contributed by atoms with E-state index in [-0.39, 0.29) is 5.54 Å². The maximum absolute atomic E-state index is 6.18. The van der Waals surface area contributed by atoms with Gasteiger partial charge in [0.1, 0.15) is 16.6 Å². The van der Waals surface area contributed by atoms with E-state index in [1.54, 1.807) is 18.4 Å². The zero-order valence-corrected chi connectivity index (χ0v) is 18.6. The number of thiophene rings is 1. The molecule has 1 fully saturated rings. The first-order chi connectivity index (χ1) is 13.9. The molecule has 1 aliphatic carbocycles. The topological polar surface area (TPSA) is 52.3 Å². The summed E-state index contributed by atoms with van der Waals surface area (Å²) in [5.74, 6) is 2.29. The van der Waals surface area contributed by atoms with Crippen molar-refractivity contribution in [1.82, 2.24) is 14.8 Å². The van der Waals surface area contributed by atoms with E-state index in [0.29, 0.717) is 12.5 Å². The molecular formula is C22H23ClN4OS. The smallest absolute Gasteiger partial charge is 0.140 e. The highest BCUT2D eigenvalue weighted by Crippen LogP contribution is 2.52. The number of aromatic nitrogens is 3. The molecule has 1 aliphatic heterocycles. The molecule has 0 saturated heterocycles. The third kappa shape index (κ3) is 2.97. The van der Waals surface area contributed by atoms with Crippen LogP contribution in [0.4, 0.5) is 0 Å². The summed E-state index contributed by atoms with van der Waals surface area (Å²) in [6.07, 6.45) is 1.77. The fourth-order valence-corrected chi connectivity index (χ4v) is 5.73. The van der Waals surface area contributed by atoms with Crippen molar-refractivity contribution in [3.8, 4) is 5.00 Å². The molecule has 0 bridgehead atoms. The Labute approximate surface area is 179 Å². The van der Waals surface area contributed by atoms with E-state index >= 15 is 0 Å². The number of aryl methyl sites for hydroxylation is 2. The molecule has 5 rings (SSSR count). The molecule has 2 aromatic heterocycles. The van der Waals surface area contributed by atoms with Crippen LogP contribution in [0.15, 0.2) is 29.3 Å². The highest BCUT2D eigenvalue weighted by atomic mass is 35.5. The molecule has 1 saturated carbocycles. The molecule has 2 aliphatic rings. The molecule has 150 valence electrons. The maximum Gasteiger partial charge on any atom is 0.140 e. The van der Waals surface area contributed by atoms with Crippen LogP contribution in [0.1, 0.15) is 39.6 Å². The molecule has 7 heteroatoms. The molecule has 5 nitrogen and oxygen atoms in total. The SMILES string of the molecule is COC[C@@H]1C[C@@]12Cc1nnc(C)n1-c1sc(C)c(C)c1C(c1ccc(Cl)cc1)=N2. The van der Waals surface area contributed by atoms with Crippen LogP contribution in [0, 0.1) is 26.7 Å². The molecule has 3 aromatic rings. The van der Waals surface area contributed by atoms with Crippen molar-refractivity contribution in [1.29, 1.82) is 0 Å². The Morgan fingerprint density at radius 1 is 1.21 bits per heavy atom. The summed E-state index contributed by atoms with van der Waals surface area (Å²) in [5.41, 5.74) is 4.38. The average molecular weight is 427 g/mol. The lowest BCUT2D eigenvalue weighted by Crippen LogP contribution is -2.25. The number of fused-ring (bicyclic) bond motifs is 3. The van der Waals surface area contributed by atoms with Crippen molar-refractivity contribution in [2.24, 2.45) is 10.9 Å². The Balaban J connectivity index is 1.80. The van der Waals surface area contributed by atoms with Gasteiger partial charge in [0.15, 0.2) is 0 Å². The first kappa shape index (κ1) is 19.0. The number of hydrogen-bond donors (Lipinski definition) is 0. The van der Waals surface area contributed by atoms with Gasteiger partial charge in [-0.2, -0.15) is 0 Å². The molecule has 2 atom stereocenters. The van der Waals surface area contributed by atoms with Crippen LogP contribution in [0.25, 0.3) is 5.00 Å². The predicted molar refractivity (Wildman–Crippen MR) is 117 cm³/mol. The van der Waals surface area contributed by atoms with Crippen molar-refractivity contribution in [2.75, 3.05) is 13.7 Å². The van der Waals surface area contributed by atoms with Crippen molar-refractivity contribution >= 4 is 28.6 Å². The lowest BCUT2D eigenvalue weighted by Gasteiger charge is -2.22. The molecule has 0 radical (unpaired) electrons. The maximum atomic E-state index is 6.18. The molecule has 0 amide bonds. The summed E-state index contributed by atoms with van der Waals surface area (Å²) in [6, 6.07) is 8.02. The largest absolute Gasteiger partial charge is 0.384 e. The van der Waals surface area contributed by atoms with Crippen molar-refractivity contribution < 1.29 is 4.74 Å². The minimum atomic E-state index is -0.192. The standard InChI is InChI=1S/C22H23ClN4OS/c1-12-13(2)29-21-19(12)20(15-5-7-17(23)8-6-15)24-22(9-16(22)11-28-4)10-18-26-25-14(3)27(18)21/h5-8,16H,9-11H2,1-4H3/t16-,22+/m0/s1. The summed E-state index contributed by atoms with van der Waals surface area (Å²) in [5, 5.41) is 10.8. The predicted octanol–water partition coefficient (Wildman–Crippen LogP) is 4.71. The molecule has 0 N–H and O–H groups in total. The van der Waals surface area contributed by atoms with Crippen LogP contribution in [0.3, 0.4) is 0 Å². The molecule has 3 heterocycles. The molecule has 0 unspecified atom stereocenters. The van der Waals surface area contributed by atoms with Gasteiger partial charge in [-0.05, 0) is 44.9 Å². The van der Waals surface area contributed by atoms with Gasteiger partial charge >= 0.3 is 0 Å². The molecule has 1 spiro atoms. The van der Waals surface area contributed by atoms with E-state index < -0.39 is 0 Å². The number of methoxy groups -OCH3 is 1. The summed E-state index contributed by atoms with van der Waals surface area (Å²) < 4.78 is 7.72. The third-order valence-corrected chi connectivity index (χ3v) is 7.63. The fraction of sp³-hybridized carbons (Fsp3) is 0.409. The first-order valence-corrected chi connectivity index (χ1v) is 11.0. The van der Waals surface area contributed by atoms with E-state index in [0.717, 1.165) is 45.8 Å². The van der Waals surface area contributed by atoms with Crippen LogP contribution in [-0.4, -0.2) is 39.7 Å². The second-order valence-corrected chi connectivity index (χ2v) is 9.71. The van der Waals surface area contributed by atoms with Gasteiger partial charge in [0.25, 0.3) is 0 Å². The number of rotatable bonds is 3. The highest BCUT2D eigenvalue weighted by Gasteiger charge is 2.56. The van der Waals surface area contributed by atoms with Crippen LogP contribution in [0.2, 0.25) is 5.02 Å². The fourth-order valence-electron chi connectivity index (χ4n) is 4.38. The average Bonchev–Trinajstić information content (AvgIpc) is 3.10. The number of benzene rings is 1. The monoisotopic (exact) mass is 426 g/mol. The van der Waals surface area contributed by atoms with Crippen LogP contribution >= 0.6 is 22.9 Å². The minimum absolute atomic E-state index is 0.192. The summed E-state index contributed by atoms with van der Waals surface area (Å²) >= 11 is 7.96. The highest BCUT2D eigenvalue weighted by molar-refractivity contribution is 7.15. The van der Waals surface area contributed by atoms with E-state index in [1.807, 2.05) is 19.1 Å². The van der Waals surface area contributed by atoms with Crippen LogP contribution in [0.5, 0.6) is 0 Å². The Hall–Kier alpha value is -2.02. The number of halogens is 1. The van der Waals surface area contributed by atoms with Crippen molar-refractivity contribution in [3.05, 3.63) is 62.5 Å². The van der Waals surface area contributed by atoms with E-state index in [4.69, 9.17) is 21.3 Å². The lowest BCUT2D eigenvalue weighted by molar-refractivity contribution is 0.178. The quantitative estimate of drug-likeness (QED) is 0.609. The summed E-state index contributed by atoms with van der Waals surface area (Å²) in [6.45, 7) is 7.09. The van der Waals surface area contributed by atoms with E-state index in [1.165, 1.54) is 16.0 Å². The molecular weight excluding hydrogens is 404 g/mol. The lowest BCUT2D eigenvalue weighted by atomic mass is 9.97. The molecule has 29 heavy (non-hydrogen) atoms. The zero-order valence-electron chi connectivity index (χ0n) is 17.0. The van der Waals surface area contributed by atoms with Gasteiger partial charge in [-0.25, -0.2) is 0 Å². The Kier molecular flexibility index (Phi) is 4.42. The minimum Gasteiger partial charge on any atom is -0.384 e. The Morgan fingerprint density at radius 3 is 2.69 bits per heavy atom. The summed E-state index contributed by atoms with van der Waals surface area (Å²) in [7, 11) is 1.76. The van der Waals surface area contributed by atoms with Gasteiger partial charge in [0.05, 0.1) is 17.9 Å².